The monoisotopic (exact) mass is 532 g/mol. The standard InChI is InChI=1S/C24H24ClF3N8O/c25-16-7-12(10-29)8-17(26)19(16)34-23-33-18-11-31-22(32-14-5-6-24(27,28)9-14)35-21(18)36(23)15-3-1-13(2-4-15)20(30)37/h7-8,11,13-15H,1-6,9H2,(H2,30,37)(H,33,34)(H,31,32,35)/t13-,14-,15+/m1/s1. The second-order valence-corrected chi connectivity index (χ2v) is 10.0. The maximum atomic E-state index is 14.8. The first-order valence-electron chi connectivity index (χ1n) is 12.0. The van der Waals surface area contributed by atoms with Crippen molar-refractivity contribution in [3.8, 4) is 6.07 Å². The second kappa shape index (κ2) is 9.70. The molecule has 0 saturated heterocycles. The molecule has 9 nitrogen and oxygen atoms in total. The number of nitrogens with two attached hydrogens (primary N) is 1. The van der Waals surface area contributed by atoms with Crippen LogP contribution < -0.4 is 16.4 Å². The van der Waals surface area contributed by atoms with Gasteiger partial charge in [-0.15, -0.1) is 0 Å². The summed E-state index contributed by atoms with van der Waals surface area (Å²) in [6, 6.07) is 3.66. The zero-order chi connectivity index (χ0) is 26.3. The maximum absolute atomic E-state index is 14.8. The number of aromatic nitrogens is 4. The molecule has 0 radical (unpaired) electrons. The third-order valence-electron chi connectivity index (χ3n) is 7.04. The number of amides is 1. The summed E-state index contributed by atoms with van der Waals surface area (Å²) in [5.41, 5.74) is 6.35. The lowest BCUT2D eigenvalue weighted by atomic mass is 9.85. The van der Waals surface area contributed by atoms with E-state index in [-0.39, 0.29) is 58.9 Å². The van der Waals surface area contributed by atoms with E-state index >= 15 is 0 Å². The van der Waals surface area contributed by atoms with Crippen molar-refractivity contribution in [3.63, 3.8) is 0 Å². The van der Waals surface area contributed by atoms with E-state index in [4.69, 9.17) is 22.6 Å². The number of hydrogen-bond acceptors (Lipinski definition) is 7. The summed E-state index contributed by atoms with van der Waals surface area (Å²) >= 11 is 6.26. The number of nitriles is 1. The van der Waals surface area contributed by atoms with E-state index in [1.54, 1.807) is 4.57 Å². The average Bonchev–Trinajstić information content (AvgIpc) is 3.39. The molecule has 0 unspecified atom stereocenters. The van der Waals surface area contributed by atoms with Gasteiger partial charge in [0.15, 0.2) is 5.65 Å². The van der Waals surface area contributed by atoms with E-state index < -0.39 is 17.8 Å². The van der Waals surface area contributed by atoms with Crippen molar-refractivity contribution in [1.29, 1.82) is 5.26 Å². The van der Waals surface area contributed by atoms with Crippen LogP contribution in [0.3, 0.4) is 0 Å². The first-order chi connectivity index (χ1) is 17.6. The Bertz CT molecular complexity index is 1370. The lowest BCUT2D eigenvalue weighted by Gasteiger charge is -2.29. The molecule has 1 atom stereocenters. The molecule has 4 N–H and O–H groups in total. The van der Waals surface area contributed by atoms with Crippen LogP contribution in [0.2, 0.25) is 5.02 Å². The van der Waals surface area contributed by atoms with Crippen LogP contribution in [-0.2, 0) is 4.79 Å². The molecule has 13 heteroatoms. The first kappa shape index (κ1) is 25.1. The number of anilines is 3. The van der Waals surface area contributed by atoms with E-state index in [0.29, 0.717) is 43.3 Å². The molecule has 0 bridgehead atoms. The van der Waals surface area contributed by atoms with Crippen LogP contribution in [0, 0.1) is 23.1 Å². The van der Waals surface area contributed by atoms with Gasteiger partial charge in [-0.3, -0.25) is 9.36 Å². The summed E-state index contributed by atoms with van der Waals surface area (Å²) < 4.78 is 44.0. The lowest BCUT2D eigenvalue weighted by molar-refractivity contribution is -0.122. The Balaban J connectivity index is 1.52. The van der Waals surface area contributed by atoms with Crippen LogP contribution in [0.25, 0.3) is 11.2 Å². The van der Waals surface area contributed by atoms with Crippen LogP contribution in [0.1, 0.15) is 56.6 Å². The molecular weight excluding hydrogens is 509 g/mol. The minimum atomic E-state index is -2.72. The van der Waals surface area contributed by atoms with Crippen molar-refractivity contribution in [3.05, 3.63) is 34.7 Å². The van der Waals surface area contributed by atoms with E-state index in [1.165, 1.54) is 12.3 Å². The van der Waals surface area contributed by atoms with Crippen molar-refractivity contribution in [1.82, 2.24) is 19.5 Å². The summed E-state index contributed by atoms with van der Waals surface area (Å²) in [5, 5.41) is 15.0. The fourth-order valence-corrected chi connectivity index (χ4v) is 5.39. The fourth-order valence-electron chi connectivity index (χ4n) is 5.14. The SMILES string of the molecule is N#Cc1cc(F)c(Nc2nc3cnc(N[C@@H]4CCC(F)(F)C4)nc3n2[C@H]2CC[C@@H](C(N)=O)CC2)c(Cl)c1. The van der Waals surface area contributed by atoms with Crippen molar-refractivity contribution in [2.24, 2.45) is 11.7 Å². The van der Waals surface area contributed by atoms with Crippen molar-refractivity contribution in [2.75, 3.05) is 10.6 Å². The molecule has 0 aliphatic heterocycles. The summed E-state index contributed by atoms with van der Waals surface area (Å²) in [7, 11) is 0. The third-order valence-corrected chi connectivity index (χ3v) is 7.34. The lowest BCUT2D eigenvalue weighted by Crippen LogP contribution is -2.29. The number of fused-ring (bicyclic) bond motifs is 1. The molecule has 1 amide bonds. The Morgan fingerprint density at radius 2 is 1.97 bits per heavy atom. The molecule has 3 aromatic rings. The highest BCUT2D eigenvalue weighted by molar-refractivity contribution is 6.33. The Morgan fingerprint density at radius 3 is 2.59 bits per heavy atom. The van der Waals surface area contributed by atoms with Crippen LogP contribution in [0.4, 0.5) is 30.8 Å². The predicted molar refractivity (Wildman–Crippen MR) is 131 cm³/mol. The number of alkyl halides is 2. The van der Waals surface area contributed by atoms with Crippen LogP contribution in [0.15, 0.2) is 18.3 Å². The maximum Gasteiger partial charge on any atom is 0.250 e. The van der Waals surface area contributed by atoms with Crippen molar-refractivity contribution < 1.29 is 18.0 Å². The first-order valence-corrected chi connectivity index (χ1v) is 12.4. The van der Waals surface area contributed by atoms with Gasteiger partial charge in [0.1, 0.15) is 11.3 Å². The fraction of sp³-hybridized carbons (Fsp3) is 0.458. The zero-order valence-electron chi connectivity index (χ0n) is 19.6. The number of nitrogens with zero attached hydrogens (tertiary/aromatic N) is 5. The molecule has 194 valence electrons. The van der Waals surface area contributed by atoms with Crippen LogP contribution in [-0.4, -0.2) is 37.4 Å². The Morgan fingerprint density at radius 1 is 1.22 bits per heavy atom. The Kier molecular flexibility index (Phi) is 6.58. The van der Waals surface area contributed by atoms with E-state index in [1.807, 2.05) is 6.07 Å². The minimum Gasteiger partial charge on any atom is -0.369 e. The number of rotatable bonds is 6. The molecule has 2 aliphatic carbocycles. The van der Waals surface area contributed by atoms with Gasteiger partial charge in [-0.25, -0.2) is 23.1 Å². The van der Waals surface area contributed by atoms with Crippen molar-refractivity contribution >= 4 is 46.3 Å². The average molecular weight is 533 g/mol. The Labute approximate surface area is 215 Å². The molecule has 2 aromatic heterocycles. The summed E-state index contributed by atoms with van der Waals surface area (Å²) in [4.78, 5) is 25.1. The second-order valence-electron chi connectivity index (χ2n) is 9.61. The van der Waals surface area contributed by atoms with Gasteiger partial charge in [0.2, 0.25) is 23.7 Å². The highest BCUT2D eigenvalue weighted by atomic mass is 35.5. The molecule has 2 aliphatic rings. The predicted octanol–water partition coefficient (Wildman–Crippen LogP) is 5.05. The van der Waals surface area contributed by atoms with Gasteiger partial charge in [0, 0.05) is 30.8 Å². The smallest absolute Gasteiger partial charge is 0.250 e. The molecule has 1 aromatic carbocycles. The topological polar surface area (TPSA) is 135 Å². The minimum absolute atomic E-state index is 0.00296. The highest BCUT2D eigenvalue weighted by Crippen LogP contribution is 2.39. The highest BCUT2D eigenvalue weighted by Gasteiger charge is 2.39. The van der Waals surface area contributed by atoms with Gasteiger partial charge in [-0.05, 0) is 44.2 Å². The zero-order valence-corrected chi connectivity index (χ0v) is 20.4. The van der Waals surface area contributed by atoms with Crippen LogP contribution in [0.5, 0.6) is 0 Å². The van der Waals surface area contributed by atoms with Gasteiger partial charge in [0.05, 0.1) is 28.5 Å². The molecule has 5 rings (SSSR count). The molecule has 2 fully saturated rings. The number of benzene rings is 1. The van der Waals surface area contributed by atoms with E-state index in [9.17, 15) is 18.0 Å². The summed E-state index contributed by atoms with van der Waals surface area (Å²) in [5.74, 6) is -3.58. The molecule has 2 saturated carbocycles. The van der Waals surface area contributed by atoms with Gasteiger partial charge >= 0.3 is 0 Å². The molecule has 2 heterocycles. The number of halogens is 4. The van der Waals surface area contributed by atoms with Gasteiger partial charge in [-0.1, -0.05) is 11.6 Å². The number of imidazole rings is 1. The van der Waals surface area contributed by atoms with E-state index in [2.05, 4.69) is 25.6 Å². The van der Waals surface area contributed by atoms with Gasteiger partial charge < -0.3 is 16.4 Å². The van der Waals surface area contributed by atoms with Gasteiger partial charge in [-0.2, -0.15) is 10.2 Å². The number of hydrogen-bond donors (Lipinski definition) is 3. The third kappa shape index (κ3) is 5.13. The van der Waals surface area contributed by atoms with E-state index in [0.717, 1.165) is 6.07 Å². The number of primary amides is 1. The summed E-state index contributed by atoms with van der Waals surface area (Å²) in [6.45, 7) is 0. The van der Waals surface area contributed by atoms with Gasteiger partial charge in [0.25, 0.3) is 0 Å². The summed E-state index contributed by atoms with van der Waals surface area (Å²) in [6.07, 6.45) is 3.61. The number of carbonyl (C=O) groups excluding carboxylic acids is 1. The molecular formula is C24H24ClF3N8O. The number of carbonyl (C=O) groups is 1. The largest absolute Gasteiger partial charge is 0.369 e. The Hall–Kier alpha value is -3.59. The van der Waals surface area contributed by atoms with Crippen molar-refractivity contribution in [2.45, 2.75) is 63.0 Å². The molecule has 0 spiro atoms. The number of nitrogens with one attached hydrogen (secondary N) is 2. The quantitative estimate of drug-likeness (QED) is 0.404. The normalized spacial score (nSPS) is 23.1. The van der Waals surface area contributed by atoms with Crippen LogP contribution >= 0.6 is 11.6 Å². The molecule has 37 heavy (non-hydrogen) atoms.